The number of hydrogen-bond acceptors (Lipinski definition) is 4. The van der Waals surface area contributed by atoms with Crippen molar-refractivity contribution in [1.29, 1.82) is 0 Å². The predicted octanol–water partition coefficient (Wildman–Crippen LogP) is 1.51. The summed E-state index contributed by atoms with van der Waals surface area (Å²) >= 11 is 0. The standard InChI is InChI=1S/C11H16O4S/c1-9(2)10-3-5-11(6-4-10)16(13,14)15-8-7-12/h3-6,9,12H,7-8H2,1-2H3. The van der Waals surface area contributed by atoms with Gasteiger partial charge in [-0.1, -0.05) is 26.0 Å². The van der Waals surface area contributed by atoms with E-state index in [4.69, 9.17) is 5.11 Å². The van der Waals surface area contributed by atoms with Gasteiger partial charge in [0.25, 0.3) is 10.1 Å². The average Bonchev–Trinajstić information content (AvgIpc) is 2.26. The molecule has 0 aliphatic rings. The van der Waals surface area contributed by atoms with Gasteiger partial charge in [0, 0.05) is 0 Å². The first kappa shape index (κ1) is 13.2. The zero-order valence-corrected chi connectivity index (χ0v) is 10.2. The van der Waals surface area contributed by atoms with E-state index in [0.717, 1.165) is 5.56 Å². The fourth-order valence-corrected chi connectivity index (χ4v) is 2.13. The molecule has 90 valence electrons. The maximum absolute atomic E-state index is 11.5. The lowest BCUT2D eigenvalue weighted by atomic mass is 10.0. The highest BCUT2D eigenvalue weighted by molar-refractivity contribution is 7.86. The third kappa shape index (κ3) is 3.30. The number of aliphatic hydroxyl groups is 1. The first-order chi connectivity index (χ1) is 7.47. The second kappa shape index (κ2) is 5.43. The smallest absolute Gasteiger partial charge is 0.297 e. The Hall–Kier alpha value is -0.910. The van der Waals surface area contributed by atoms with Crippen LogP contribution in [-0.2, 0) is 14.3 Å². The van der Waals surface area contributed by atoms with Crippen LogP contribution in [0, 0.1) is 0 Å². The van der Waals surface area contributed by atoms with Crippen LogP contribution in [-0.4, -0.2) is 26.7 Å². The lowest BCUT2D eigenvalue weighted by molar-refractivity contribution is 0.205. The van der Waals surface area contributed by atoms with E-state index in [1.165, 1.54) is 12.1 Å². The van der Waals surface area contributed by atoms with Gasteiger partial charge in [0.05, 0.1) is 18.1 Å². The molecule has 1 N–H and O–H groups in total. The number of rotatable bonds is 5. The minimum atomic E-state index is -3.72. The van der Waals surface area contributed by atoms with Crippen molar-refractivity contribution in [3.8, 4) is 0 Å². The van der Waals surface area contributed by atoms with Crippen LogP contribution in [0.15, 0.2) is 29.2 Å². The quantitative estimate of drug-likeness (QED) is 0.797. The molecule has 0 aliphatic heterocycles. The van der Waals surface area contributed by atoms with E-state index >= 15 is 0 Å². The minimum absolute atomic E-state index is 0.116. The molecule has 1 aromatic carbocycles. The molecule has 5 heteroatoms. The van der Waals surface area contributed by atoms with Crippen LogP contribution in [0.5, 0.6) is 0 Å². The molecule has 0 radical (unpaired) electrons. The zero-order valence-electron chi connectivity index (χ0n) is 9.38. The second-order valence-electron chi connectivity index (χ2n) is 3.72. The third-order valence-electron chi connectivity index (χ3n) is 2.17. The van der Waals surface area contributed by atoms with E-state index in [1.807, 2.05) is 13.8 Å². The molecule has 4 nitrogen and oxygen atoms in total. The number of benzene rings is 1. The van der Waals surface area contributed by atoms with Crippen molar-refractivity contribution >= 4 is 10.1 Å². The Morgan fingerprint density at radius 3 is 2.25 bits per heavy atom. The number of hydrogen-bond donors (Lipinski definition) is 1. The van der Waals surface area contributed by atoms with Crippen molar-refractivity contribution in [3.05, 3.63) is 29.8 Å². The summed E-state index contributed by atoms with van der Waals surface area (Å²) in [5.41, 5.74) is 1.07. The third-order valence-corrected chi connectivity index (χ3v) is 3.49. The summed E-state index contributed by atoms with van der Waals surface area (Å²) in [4.78, 5) is 0.116. The van der Waals surface area contributed by atoms with Crippen molar-refractivity contribution in [1.82, 2.24) is 0 Å². The summed E-state index contributed by atoms with van der Waals surface area (Å²) in [5.74, 6) is 0.357. The number of aliphatic hydroxyl groups excluding tert-OH is 1. The molecule has 0 heterocycles. The molecule has 0 spiro atoms. The molecule has 0 saturated carbocycles. The van der Waals surface area contributed by atoms with Crippen molar-refractivity contribution < 1.29 is 17.7 Å². The van der Waals surface area contributed by atoms with Crippen LogP contribution in [0.2, 0.25) is 0 Å². The van der Waals surface area contributed by atoms with Crippen LogP contribution in [0.25, 0.3) is 0 Å². The summed E-state index contributed by atoms with van der Waals surface area (Å²) in [6.45, 7) is 3.54. The van der Waals surface area contributed by atoms with Gasteiger partial charge in [0.2, 0.25) is 0 Å². The van der Waals surface area contributed by atoms with Gasteiger partial charge in [0.1, 0.15) is 0 Å². The molecule has 0 fully saturated rings. The molecule has 0 saturated heterocycles. The van der Waals surface area contributed by atoms with E-state index in [2.05, 4.69) is 4.18 Å². The van der Waals surface area contributed by atoms with E-state index in [0.29, 0.717) is 5.92 Å². The topological polar surface area (TPSA) is 63.6 Å². The summed E-state index contributed by atoms with van der Waals surface area (Å²) in [6, 6.07) is 6.56. The molecule has 0 unspecified atom stereocenters. The van der Waals surface area contributed by atoms with E-state index < -0.39 is 10.1 Å². The molecule has 1 rings (SSSR count). The molecular formula is C11H16O4S. The van der Waals surface area contributed by atoms with E-state index in [1.54, 1.807) is 12.1 Å². The Labute approximate surface area is 96.0 Å². The highest BCUT2D eigenvalue weighted by Crippen LogP contribution is 2.18. The van der Waals surface area contributed by atoms with Gasteiger partial charge in [-0.15, -0.1) is 0 Å². The Morgan fingerprint density at radius 2 is 1.81 bits per heavy atom. The Bertz CT molecular complexity index is 420. The van der Waals surface area contributed by atoms with Crippen molar-refractivity contribution in [3.63, 3.8) is 0 Å². The lowest BCUT2D eigenvalue weighted by Crippen LogP contribution is -2.09. The van der Waals surface area contributed by atoms with Gasteiger partial charge in [-0.25, -0.2) is 0 Å². The van der Waals surface area contributed by atoms with Crippen LogP contribution in [0.3, 0.4) is 0 Å². The molecule has 16 heavy (non-hydrogen) atoms. The monoisotopic (exact) mass is 244 g/mol. The molecule has 1 aromatic rings. The maximum Gasteiger partial charge on any atom is 0.297 e. The van der Waals surface area contributed by atoms with Crippen molar-refractivity contribution in [2.75, 3.05) is 13.2 Å². The second-order valence-corrected chi connectivity index (χ2v) is 5.34. The van der Waals surface area contributed by atoms with Gasteiger partial charge >= 0.3 is 0 Å². The minimum Gasteiger partial charge on any atom is -0.394 e. The zero-order chi connectivity index (χ0) is 12.2. The Morgan fingerprint density at radius 1 is 1.25 bits per heavy atom. The van der Waals surface area contributed by atoms with Gasteiger partial charge < -0.3 is 5.11 Å². The largest absolute Gasteiger partial charge is 0.394 e. The summed E-state index contributed by atoms with van der Waals surface area (Å²) in [5, 5.41) is 8.50. The Kier molecular flexibility index (Phi) is 4.46. The van der Waals surface area contributed by atoms with Crippen LogP contribution in [0.1, 0.15) is 25.3 Å². The van der Waals surface area contributed by atoms with Gasteiger partial charge in [-0.2, -0.15) is 8.42 Å². The first-order valence-corrected chi connectivity index (χ1v) is 6.48. The van der Waals surface area contributed by atoms with Crippen LogP contribution >= 0.6 is 0 Å². The van der Waals surface area contributed by atoms with Crippen molar-refractivity contribution in [2.45, 2.75) is 24.7 Å². The highest BCUT2D eigenvalue weighted by atomic mass is 32.2. The van der Waals surface area contributed by atoms with Gasteiger partial charge in [0.15, 0.2) is 0 Å². The first-order valence-electron chi connectivity index (χ1n) is 5.07. The lowest BCUT2D eigenvalue weighted by Gasteiger charge is -2.07. The van der Waals surface area contributed by atoms with Crippen molar-refractivity contribution in [2.24, 2.45) is 0 Å². The molecule has 0 aliphatic carbocycles. The molecule has 0 bridgehead atoms. The summed E-state index contributed by atoms with van der Waals surface area (Å²) < 4.78 is 27.7. The van der Waals surface area contributed by atoms with Gasteiger partial charge in [-0.3, -0.25) is 4.18 Å². The summed E-state index contributed by atoms with van der Waals surface area (Å²) in [6.07, 6.45) is 0. The van der Waals surface area contributed by atoms with Crippen LogP contribution in [0.4, 0.5) is 0 Å². The summed E-state index contributed by atoms with van der Waals surface area (Å²) in [7, 11) is -3.72. The van der Waals surface area contributed by atoms with E-state index in [-0.39, 0.29) is 18.1 Å². The maximum atomic E-state index is 11.5. The molecule has 0 aromatic heterocycles. The molecular weight excluding hydrogens is 228 g/mol. The normalized spacial score (nSPS) is 12.0. The fourth-order valence-electron chi connectivity index (χ4n) is 1.23. The highest BCUT2D eigenvalue weighted by Gasteiger charge is 2.14. The Balaban J connectivity index is 2.89. The van der Waals surface area contributed by atoms with Crippen LogP contribution < -0.4 is 0 Å². The van der Waals surface area contributed by atoms with Gasteiger partial charge in [-0.05, 0) is 23.6 Å². The fraction of sp³-hybridized carbons (Fsp3) is 0.455. The predicted molar refractivity (Wildman–Crippen MR) is 60.8 cm³/mol. The molecule has 0 atom stereocenters. The average molecular weight is 244 g/mol. The SMILES string of the molecule is CC(C)c1ccc(S(=O)(=O)OCCO)cc1. The van der Waals surface area contributed by atoms with E-state index in [9.17, 15) is 8.42 Å². The molecule has 0 amide bonds.